The molecule has 224 valence electrons. The normalized spacial score (nSPS) is 17.4. The molecule has 2 aromatic rings. The van der Waals surface area contributed by atoms with Crippen molar-refractivity contribution in [3.63, 3.8) is 0 Å². The zero-order valence-electron chi connectivity index (χ0n) is 25.8. The quantitative estimate of drug-likeness (QED) is 0.344. The van der Waals surface area contributed by atoms with Gasteiger partial charge in [-0.3, -0.25) is 24.4 Å². The van der Waals surface area contributed by atoms with Crippen LogP contribution >= 0.6 is 0 Å². The van der Waals surface area contributed by atoms with Gasteiger partial charge in [0.05, 0.1) is 12.6 Å². The largest absolute Gasteiger partial charge is 0.392 e. The Morgan fingerprint density at radius 3 is 2.33 bits per heavy atom. The molecular weight excluding hydrogens is 502 g/mol. The SMILES string of the molecule is CC.CC(=O)CNC(Cc1ccccc1)CC(O)CN1CCN(Cc2cccnc2)C[C@H]1C.CC(C)(C)NC=O. The Bertz CT molecular complexity index is 937. The Balaban J connectivity index is 0.000000775. The van der Waals surface area contributed by atoms with Crippen LogP contribution in [0.5, 0.6) is 0 Å². The summed E-state index contributed by atoms with van der Waals surface area (Å²) in [5.74, 6) is 0.117. The number of aliphatic hydroxyl groups excluding tert-OH is 1. The predicted molar refractivity (Wildman–Crippen MR) is 164 cm³/mol. The topological polar surface area (TPSA) is 97.8 Å². The Morgan fingerprint density at radius 2 is 1.80 bits per heavy atom. The number of piperazine rings is 1. The third-order valence-corrected chi connectivity index (χ3v) is 6.44. The van der Waals surface area contributed by atoms with Crippen LogP contribution in [-0.4, -0.2) is 88.5 Å². The van der Waals surface area contributed by atoms with Gasteiger partial charge in [-0.1, -0.05) is 50.2 Å². The van der Waals surface area contributed by atoms with E-state index in [2.05, 4.69) is 50.5 Å². The van der Waals surface area contributed by atoms with Gasteiger partial charge in [-0.05, 0) is 64.7 Å². The second-order valence-corrected chi connectivity index (χ2v) is 11.3. The van der Waals surface area contributed by atoms with E-state index < -0.39 is 6.10 Å². The molecule has 0 radical (unpaired) electrons. The van der Waals surface area contributed by atoms with Crippen molar-refractivity contribution in [2.24, 2.45) is 0 Å². The van der Waals surface area contributed by atoms with E-state index in [1.54, 1.807) is 6.92 Å². The fourth-order valence-electron chi connectivity index (χ4n) is 4.51. The number of aromatic nitrogens is 1. The maximum Gasteiger partial charge on any atom is 0.207 e. The van der Waals surface area contributed by atoms with Crippen LogP contribution < -0.4 is 10.6 Å². The summed E-state index contributed by atoms with van der Waals surface area (Å²) in [5, 5.41) is 16.8. The molecule has 1 fully saturated rings. The summed E-state index contributed by atoms with van der Waals surface area (Å²) in [5.41, 5.74) is 2.39. The monoisotopic (exact) mass is 555 g/mol. The molecule has 1 amide bonds. The number of rotatable bonds is 12. The lowest BCUT2D eigenvalue weighted by Crippen LogP contribution is -2.53. The zero-order valence-corrected chi connectivity index (χ0v) is 25.8. The highest BCUT2D eigenvalue weighted by Crippen LogP contribution is 2.15. The Morgan fingerprint density at radius 1 is 1.12 bits per heavy atom. The van der Waals surface area contributed by atoms with Gasteiger partial charge >= 0.3 is 0 Å². The molecule has 0 bridgehead atoms. The fraction of sp³-hybridized carbons (Fsp3) is 0.594. The summed E-state index contributed by atoms with van der Waals surface area (Å²) < 4.78 is 0. The minimum absolute atomic E-state index is 0.0677. The molecule has 0 spiro atoms. The summed E-state index contributed by atoms with van der Waals surface area (Å²) in [6.07, 6.45) is 5.45. The first-order valence-electron chi connectivity index (χ1n) is 14.6. The molecule has 3 atom stereocenters. The van der Waals surface area contributed by atoms with Gasteiger partial charge in [0, 0.05) is 62.7 Å². The molecule has 1 aliphatic heterocycles. The molecule has 1 aliphatic rings. The third-order valence-electron chi connectivity index (χ3n) is 6.44. The number of Topliss-reactive ketones (excluding diaryl/α,β-unsaturated/α-hetero) is 1. The van der Waals surface area contributed by atoms with Crippen molar-refractivity contribution in [3.05, 3.63) is 66.0 Å². The van der Waals surface area contributed by atoms with Crippen LogP contribution in [0.15, 0.2) is 54.9 Å². The van der Waals surface area contributed by atoms with Crippen LogP contribution in [0.2, 0.25) is 0 Å². The standard InChI is InChI=1S/C25H36N4O2.C5H11NO.C2H6/c1-20-17-28(18-23-9-6-10-26-16-23)11-12-29(20)19-25(31)14-24(27-15-21(2)30)13-22-7-4-3-5-8-22;1-5(2,3)6-4-7;1-2/h3-10,16,20,24-25,27,31H,11-15,17-19H2,1-2H3;4H,1-3H3,(H,6,7);1-2H3/t20-,24?,25?;;/m1../s1. The van der Waals surface area contributed by atoms with E-state index in [9.17, 15) is 14.7 Å². The number of ketones is 1. The second kappa shape index (κ2) is 19.4. The minimum atomic E-state index is -0.430. The first-order valence-corrected chi connectivity index (χ1v) is 14.6. The van der Waals surface area contributed by atoms with Crippen molar-refractivity contribution in [1.29, 1.82) is 0 Å². The Kier molecular flexibility index (Phi) is 17.2. The molecule has 0 aliphatic carbocycles. The van der Waals surface area contributed by atoms with E-state index >= 15 is 0 Å². The number of carbonyl (C=O) groups excluding carboxylic acids is 2. The number of carbonyl (C=O) groups is 2. The number of nitrogens with one attached hydrogen (secondary N) is 2. The highest BCUT2D eigenvalue weighted by atomic mass is 16.3. The fourth-order valence-corrected chi connectivity index (χ4v) is 4.51. The number of β-amino-alcohol motifs (C(OH)–C–C–N with tert-alkyl or cyclic N) is 1. The molecule has 1 aromatic carbocycles. The number of hydrogen-bond acceptors (Lipinski definition) is 7. The molecule has 40 heavy (non-hydrogen) atoms. The number of aliphatic hydroxyl groups is 1. The molecule has 8 heteroatoms. The lowest BCUT2D eigenvalue weighted by molar-refractivity contribution is -0.116. The van der Waals surface area contributed by atoms with E-state index in [0.29, 0.717) is 32.0 Å². The maximum atomic E-state index is 11.5. The lowest BCUT2D eigenvalue weighted by atomic mass is 9.99. The summed E-state index contributed by atoms with van der Waals surface area (Å²) in [6.45, 7) is 18.5. The average molecular weight is 556 g/mol. The Labute approximate surface area is 242 Å². The smallest absolute Gasteiger partial charge is 0.207 e. The molecule has 8 nitrogen and oxygen atoms in total. The highest BCUT2D eigenvalue weighted by Gasteiger charge is 2.26. The van der Waals surface area contributed by atoms with Gasteiger partial charge in [0.1, 0.15) is 5.78 Å². The molecule has 1 aromatic heterocycles. The number of pyridine rings is 1. The van der Waals surface area contributed by atoms with Gasteiger partial charge in [-0.25, -0.2) is 0 Å². The van der Waals surface area contributed by atoms with Gasteiger partial charge in [-0.15, -0.1) is 0 Å². The minimum Gasteiger partial charge on any atom is -0.392 e. The maximum absolute atomic E-state index is 11.5. The van der Waals surface area contributed by atoms with Crippen molar-refractivity contribution >= 4 is 12.2 Å². The van der Waals surface area contributed by atoms with E-state index in [1.807, 2.05) is 71.3 Å². The van der Waals surface area contributed by atoms with Crippen molar-refractivity contribution in [1.82, 2.24) is 25.4 Å². The number of benzene rings is 1. The molecule has 1 saturated heterocycles. The number of amides is 1. The van der Waals surface area contributed by atoms with E-state index in [0.717, 1.165) is 32.6 Å². The van der Waals surface area contributed by atoms with Gasteiger partial charge < -0.3 is 15.7 Å². The van der Waals surface area contributed by atoms with Crippen LogP contribution in [-0.2, 0) is 22.6 Å². The van der Waals surface area contributed by atoms with Crippen molar-refractivity contribution in [2.75, 3.05) is 32.7 Å². The molecule has 2 unspecified atom stereocenters. The summed E-state index contributed by atoms with van der Waals surface area (Å²) in [6, 6.07) is 14.8. The number of nitrogens with zero attached hydrogens (tertiary/aromatic N) is 3. The summed E-state index contributed by atoms with van der Waals surface area (Å²) in [4.78, 5) is 30.2. The van der Waals surface area contributed by atoms with Gasteiger partial charge in [0.25, 0.3) is 0 Å². The highest BCUT2D eigenvalue weighted by molar-refractivity contribution is 5.77. The molecule has 3 rings (SSSR count). The lowest BCUT2D eigenvalue weighted by Gasteiger charge is -2.41. The van der Waals surface area contributed by atoms with Crippen LogP contribution in [0.25, 0.3) is 0 Å². The average Bonchev–Trinajstić information content (AvgIpc) is 2.91. The first kappa shape index (κ1) is 35.4. The molecule has 3 N–H and O–H groups in total. The van der Waals surface area contributed by atoms with Crippen LogP contribution in [0.1, 0.15) is 66.0 Å². The Hall–Kier alpha value is -2.65. The van der Waals surface area contributed by atoms with E-state index in [-0.39, 0.29) is 17.4 Å². The van der Waals surface area contributed by atoms with Gasteiger partial charge in [0.15, 0.2) is 0 Å². The van der Waals surface area contributed by atoms with Crippen LogP contribution in [0, 0.1) is 0 Å². The van der Waals surface area contributed by atoms with Crippen molar-refractivity contribution in [2.45, 2.75) is 91.6 Å². The zero-order chi connectivity index (χ0) is 30.0. The van der Waals surface area contributed by atoms with Crippen molar-refractivity contribution < 1.29 is 14.7 Å². The summed E-state index contributed by atoms with van der Waals surface area (Å²) in [7, 11) is 0. The van der Waals surface area contributed by atoms with E-state index in [1.165, 1.54) is 11.1 Å². The first-order chi connectivity index (χ1) is 19.1. The van der Waals surface area contributed by atoms with Crippen LogP contribution in [0.3, 0.4) is 0 Å². The molecule has 2 heterocycles. The second-order valence-electron chi connectivity index (χ2n) is 11.3. The van der Waals surface area contributed by atoms with Gasteiger partial charge in [-0.2, -0.15) is 0 Å². The molecule has 0 saturated carbocycles. The van der Waals surface area contributed by atoms with Crippen molar-refractivity contribution in [3.8, 4) is 0 Å². The summed E-state index contributed by atoms with van der Waals surface area (Å²) >= 11 is 0. The van der Waals surface area contributed by atoms with Gasteiger partial charge in [0.2, 0.25) is 6.41 Å². The van der Waals surface area contributed by atoms with Crippen LogP contribution in [0.4, 0.5) is 0 Å². The molecular formula is C32H53N5O3. The predicted octanol–water partition coefficient (Wildman–Crippen LogP) is 3.69. The van der Waals surface area contributed by atoms with E-state index in [4.69, 9.17) is 0 Å². The number of hydrogen-bond donors (Lipinski definition) is 3. The third kappa shape index (κ3) is 15.8.